The van der Waals surface area contributed by atoms with Crippen molar-refractivity contribution in [3.8, 4) is 0 Å². The van der Waals surface area contributed by atoms with E-state index in [0.29, 0.717) is 29.4 Å². The number of para-hydroxylation sites is 1. The van der Waals surface area contributed by atoms with Gasteiger partial charge in [-0.25, -0.2) is 9.78 Å². The monoisotopic (exact) mass is 290 g/mol. The van der Waals surface area contributed by atoms with E-state index < -0.39 is 0 Å². The Morgan fingerprint density at radius 2 is 2.30 bits per heavy atom. The number of nitrogens with zero attached hydrogens (tertiary/aromatic N) is 2. The Balaban J connectivity index is 2.25. The number of nitrogens with two attached hydrogens (primary N) is 1. The number of rotatable bonds is 2. The fraction of sp³-hybridized carbons (Fsp3) is 0.286. The zero-order valence-corrected chi connectivity index (χ0v) is 11.8. The number of amides is 2. The summed E-state index contributed by atoms with van der Waals surface area (Å²) in [5, 5.41) is 4.26. The lowest BCUT2D eigenvalue weighted by Crippen LogP contribution is -2.30. The molecule has 0 radical (unpaired) electrons. The third kappa shape index (κ3) is 2.09. The van der Waals surface area contributed by atoms with Crippen LogP contribution in [-0.2, 0) is 0 Å². The third-order valence-corrected chi connectivity index (χ3v) is 3.71. The highest BCUT2D eigenvalue weighted by atomic mass is 35.5. The lowest BCUT2D eigenvalue weighted by Gasteiger charge is -2.20. The third-order valence-electron chi connectivity index (χ3n) is 3.41. The van der Waals surface area contributed by atoms with Gasteiger partial charge in [-0.1, -0.05) is 23.7 Å². The second-order valence-electron chi connectivity index (χ2n) is 4.89. The number of urea groups is 1. The van der Waals surface area contributed by atoms with Crippen LogP contribution in [0.4, 0.5) is 10.6 Å². The molecule has 0 aliphatic carbocycles. The lowest BCUT2D eigenvalue weighted by atomic mass is 10.1. The zero-order chi connectivity index (χ0) is 14.3. The van der Waals surface area contributed by atoms with Gasteiger partial charge >= 0.3 is 6.03 Å². The predicted molar refractivity (Wildman–Crippen MR) is 80.1 cm³/mol. The molecule has 2 amide bonds. The first-order chi connectivity index (χ1) is 9.58. The zero-order valence-electron chi connectivity index (χ0n) is 11.1. The summed E-state index contributed by atoms with van der Waals surface area (Å²) in [6.45, 7) is 3.08. The van der Waals surface area contributed by atoms with Gasteiger partial charge in [0.25, 0.3) is 0 Å². The summed E-state index contributed by atoms with van der Waals surface area (Å²) in [7, 11) is 0. The topological polar surface area (TPSA) is 71.2 Å². The van der Waals surface area contributed by atoms with Gasteiger partial charge < -0.3 is 11.1 Å². The van der Waals surface area contributed by atoms with Gasteiger partial charge in [0.1, 0.15) is 5.82 Å². The standard InChI is InChI=1S/C14H15ClN4O/c1-8(16)10-7-9-3-2-4-11(15)12(9)18-13(10)19-6-5-17-14(19)20/h2-4,7-8H,5-6,16H2,1H3,(H,17,20). The molecule has 1 aliphatic heterocycles. The van der Waals surface area contributed by atoms with Crippen molar-refractivity contribution >= 4 is 34.4 Å². The van der Waals surface area contributed by atoms with Crippen LogP contribution in [0, 0.1) is 0 Å². The van der Waals surface area contributed by atoms with Gasteiger partial charge in [0.2, 0.25) is 0 Å². The molecule has 5 nitrogen and oxygen atoms in total. The maximum atomic E-state index is 11.9. The Morgan fingerprint density at radius 3 is 2.95 bits per heavy atom. The van der Waals surface area contributed by atoms with Gasteiger partial charge in [0, 0.05) is 30.1 Å². The highest BCUT2D eigenvalue weighted by Crippen LogP contribution is 2.31. The van der Waals surface area contributed by atoms with Crippen molar-refractivity contribution < 1.29 is 4.79 Å². The quantitative estimate of drug-likeness (QED) is 0.892. The number of hydrogen-bond acceptors (Lipinski definition) is 3. The molecule has 3 rings (SSSR count). The molecule has 1 unspecified atom stereocenters. The number of pyridine rings is 1. The second-order valence-corrected chi connectivity index (χ2v) is 5.29. The molecule has 104 valence electrons. The van der Waals surface area contributed by atoms with E-state index in [-0.39, 0.29) is 12.1 Å². The van der Waals surface area contributed by atoms with Crippen LogP contribution in [0.2, 0.25) is 5.02 Å². The van der Waals surface area contributed by atoms with E-state index in [1.54, 1.807) is 11.0 Å². The molecule has 1 fully saturated rings. The molecule has 1 atom stereocenters. The van der Waals surface area contributed by atoms with Crippen LogP contribution < -0.4 is 16.0 Å². The van der Waals surface area contributed by atoms with Crippen molar-refractivity contribution in [3.63, 3.8) is 0 Å². The van der Waals surface area contributed by atoms with Crippen molar-refractivity contribution in [3.05, 3.63) is 34.9 Å². The predicted octanol–water partition coefficient (Wildman–Crippen LogP) is 2.44. The Labute approximate surface area is 121 Å². The number of benzene rings is 1. The number of fused-ring (bicyclic) bond motifs is 1. The molecule has 0 spiro atoms. The Hall–Kier alpha value is -1.85. The minimum absolute atomic E-state index is 0.147. The number of halogens is 1. The maximum Gasteiger partial charge on any atom is 0.323 e. The first-order valence-corrected chi connectivity index (χ1v) is 6.86. The number of hydrogen-bond donors (Lipinski definition) is 2. The summed E-state index contributed by atoms with van der Waals surface area (Å²) >= 11 is 6.19. The van der Waals surface area contributed by atoms with E-state index in [2.05, 4.69) is 10.3 Å². The molecule has 20 heavy (non-hydrogen) atoms. The van der Waals surface area contributed by atoms with Crippen LogP contribution in [0.25, 0.3) is 10.9 Å². The molecule has 0 saturated carbocycles. The summed E-state index contributed by atoms with van der Waals surface area (Å²) in [5.41, 5.74) is 7.56. The minimum atomic E-state index is -0.214. The smallest absolute Gasteiger partial charge is 0.323 e. The molecule has 2 heterocycles. The lowest BCUT2D eigenvalue weighted by molar-refractivity contribution is 0.252. The number of aromatic nitrogens is 1. The van der Waals surface area contributed by atoms with Crippen LogP contribution in [0.1, 0.15) is 18.5 Å². The number of nitrogens with one attached hydrogen (secondary N) is 1. The van der Waals surface area contributed by atoms with Gasteiger partial charge in [-0.05, 0) is 19.1 Å². The van der Waals surface area contributed by atoms with Gasteiger partial charge in [0.05, 0.1) is 10.5 Å². The molecule has 1 aromatic carbocycles. The summed E-state index contributed by atoms with van der Waals surface area (Å²) < 4.78 is 0. The normalized spacial score (nSPS) is 16.6. The van der Waals surface area contributed by atoms with Gasteiger partial charge in [-0.15, -0.1) is 0 Å². The molecule has 1 aromatic heterocycles. The van der Waals surface area contributed by atoms with E-state index >= 15 is 0 Å². The van der Waals surface area contributed by atoms with Crippen LogP contribution >= 0.6 is 11.6 Å². The Kier molecular flexibility index (Phi) is 3.23. The van der Waals surface area contributed by atoms with Crippen molar-refractivity contribution in [2.75, 3.05) is 18.0 Å². The van der Waals surface area contributed by atoms with Gasteiger partial charge in [-0.2, -0.15) is 0 Å². The van der Waals surface area contributed by atoms with Crippen molar-refractivity contribution in [2.24, 2.45) is 5.73 Å². The fourth-order valence-corrected chi connectivity index (χ4v) is 2.62. The van der Waals surface area contributed by atoms with Crippen molar-refractivity contribution in [1.29, 1.82) is 0 Å². The highest BCUT2D eigenvalue weighted by Gasteiger charge is 2.26. The van der Waals surface area contributed by atoms with E-state index in [9.17, 15) is 4.79 Å². The van der Waals surface area contributed by atoms with Crippen LogP contribution in [0.5, 0.6) is 0 Å². The van der Waals surface area contributed by atoms with E-state index in [4.69, 9.17) is 17.3 Å². The molecule has 1 saturated heterocycles. The molecular formula is C14H15ClN4O. The summed E-state index contributed by atoms with van der Waals surface area (Å²) in [6.07, 6.45) is 0. The average Bonchev–Trinajstić information content (AvgIpc) is 2.84. The molecule has 1 aliphatic rings. The Bertz CT molecular complexity index is 686. The minimum Gasteiger partial charge on any atom is -0.336 e. The van der Waals surface area contributed by atoms with Gasteiger partial charge in [0.15, 0.2) is 0 Å². The second kappa shape index (κ2) is 4.92. The first kappa shape index (κ1) is 13.1. The molecule has 2 aromatic rings. The number of anilines is 1. The molecule has 3 N–H and O–H groups in total. The number of carbonyl (C=O) groups excluding carboxylic acids is 1. The molecule has 6 heteroatoms. The summed E-state index contributed by atoms with van der Waals surface area (Å²) in [6, 6.07) is 7.20. The molecular weight excluding hydrogens is 276 g/mol. The average molecular weight is 291 g/mol. The fourth-order valence-electron chi connectivity index (χ4n) is 2.39. The van der Waals surface area contributed by atoms with Crippen LogP contribution in [0.15, 0.2) is 24.3 Å². The largest absolute Gasteiger partial charge is 0.336 e. The van der Waals surface area contributed by atoms with E-state index in [0.717, 1.165) is 10.9 Å². The van der Waals surface area contributed by atoms with Crippen molar-refractivity contribution in [1.82, 2.24) is 10.3 Å². The first-order valence-electron chi connectivity index (χ1n) is 6.48. The maximum absolute atomic E-state index is 11.9. The van der Waals surface area contributed by atoms with E-state index in [1.807, 2.05) is 25.1 Å². The van der Waals surface area contributed by atoms with Crippen LogP contribution in [-0.4, -0.2) is 24.1 Å². The van der Waals surface area contributed by atoms with Crippen LogP contribution in [0.3, 0.4) is 0 Å². The summed E-state index contributed by atoms with van der Waals surface area (Å²) in [4.78, 5) is 18.1. The highest BCUT2D eigenvalue weighted by molar-refractivity contribution is 6.35. The van der Waals surface area contributed by atoms with E-state index in [1.165, 1.54) is 0 Å². The Morgan fingerprint density at radius 1 is 1.50 bits per heavy atom. The summed E-state index contributed by atoms with van der Waals surface area (Å²) in [5.74, 6) is 0.593. The van der Waals surface area contributed by atoms with Gasteiger partial charge in [-0.3, -0.25) is 4.90 Å². The number of carbonyl (C=O) groups is 1. The van der Waals surface area contributed by atoms with Crippen molar-refractivity contribution in [2.45, 2.75) is 13.0 Å². The SMILES string of the molecule is CC(N)c1cc2cccc(Cl)c2nc1N1CCNC1=O. The molecule has 0 bridgehead atoms.